The SMILES string of the molecule is Oc1ccccc1Cc1cccc(Cc2cccc(Cc3ccccc3O)c2O)c1.Oc1ccccc1Cc1cccc(Cc2ccccc2O)c1O. The summed E-state index contributed by atoms with van der Waals surface area (Å²) in [5, 5.41) is 61.2. The Labute approximate surface area is 309 Å². The van der Waals surface area contributed by atoms with Gasteiger partial charge >= 0.3 is 0 Å². The molecule has 53 heavy (non-hydrogen) atoms. The second-order valence-corrected chi connectivity index (χ2v) is 13.1. The molecule has 0 aliphatic carbocycles. The summed E-state index contributed by atoms with van der Waals surface area (Å²) in [7, 11) is 0. The largest absolute Gasteiger partial charge is 0.508 e. The van der Waals surface area contributed by atoms with Gasteiger partial charge in [0, 0.05) is 32.1 Å². The van der Waals surface area contributed by atoms with Crippen LogP contribution in [0.5, 0.6) is 34.5 Å². The van der Waals surface area contributed by atoms with Gasteiger partial charge in [0.15, 0.2) is 0 Å². The molecule has 0 aliphatic rings. The van der Waals surface area contributed by atoms with Crippen molar-refractivity contribution >= 4 is 0 Å². The Morgan fingerprint density at radius 3 is 0.830 bits per heavy atom. The summed E-state index contributed by atoms with van der Waals surface area (Å²) in [5.74, 6) is 1.46. The molecule has 0 spiro atoms. The molecule has 0 aromatic heterocycles. The van der Waals surface area contributed by atoms with Crippen LogP contribution in [0.25, 0.3) is 0 Å². The number of phenols is 6. The molecule has 6 heteroatoms. The third-order valence-corrected chi connectivity index (χ3v) is 9.30. The van der Waals surface area contributed by atoms with Crippen LogP contribution in [-0.2, 0) is 32.1 Å². The Kier molecular flexibility index (Phi) is 11.6. The molecule has 0 atom stereocenters. The van der Waals surface area contributed by atoms with E-state index in [2.05, 4.69) is 6.07 Å². The first kappa shape index (κ1) is 36.1. The topological polar surface area (TPSA) is 121 Å². The smallest absolute Gasteiger partial charge is 0.122 e. The van der Waals surface area contributed by atoms with Crippen molar-refractivity contribution in [1.29, 1.82) is 0 Å². The highest BCUT2D eigenvalue weighted by Crippen LogP contribution is 2.32. The number of para-hydroxylation sites is 6. The summed E-state index contributed by atoms with van der Waals surface area (Å²) in [4.78, 5) is 0. The van der Waals surface area contributed by atoms with Gasteiger partial charge in [-0.2, -0.15) is 0 Å². The van der Waals surface area contributed by atoms with Gasteiger partial charge in [0.05, 0.1) is 0 Å². The summed E-state index contributed by atoms with van der Waals surface area (Å²) >= 11 is 0. The summed E-state index contributed by atoms with van der Waals surface area (Å²) in [6.07, 6.45) is 2.63. The van der Waals surface area contributed by atoms with Crippen LogP contribution < -0.4 is 0 Å². The van der Waals surface area contributed by atoms with Gasteiger partial charge in [-0.1, -0.05) is 133 Å². The predicted molar refractivity (Wildman–Crippen MR) is 209 cm³/mol. The molecule has 7 aromatic carbocycles. The second kappa shape index (κ2) is 17.0. The van der Waals surface area contributed by atoms with Crippen molar-refractivity contribution in [2.45, 2.75) is 32.1 Å². The summed E-state index contributed by atoms with van der Waals surface area (Å²) < 4.78 is 0. The lowest BCUT2D eigenvalue weighted by Crippen LogP contribution is -1.96. The molecule has 7 aromatic rings. The van der Waals surface area contributed by atoms with Crippen molar-refractivity contribution in [3.63, 3.8) is 0 Å². The quantitative estimate of drug-likeness (QED) is 0.0845. The van der Waals surface area contributed by atoms with E-state index < -0.39 is 0 Å². The molecule has 6 nitrogen and oxygen atoms in total. The zero-order valence-corrected chi connectivity index (χ0v) is 29.2. The first-order valence-corrected chi connectivity index (χ1v) is 17.5. The van der Waals surface area contributed by atoms with Crippen LogP contribution in [-0.4, -0.2) is 30.6 Å². The molecule has 7 rings (SSSR count). The summed E-state index contributed by atoms with van der Waals surface area (Å²) in [6, 6.07) is 48.3. The van der Waals surface area contributed by atoms with Gasteiger partial charge in [0.25, 0.3) is 0 Å². The van der Waals surface area contributed by atoms with E-state index in [1.807, 2.05) is 109 Å². The molecule has 266 valence electrons. The van der Waals surface area contributed by atoms with E-state index in [1.54, 1.807) is 42.5 Å². The standard InChI is InChI=1S/C27H24O3.C20H18O3/c28-25-13-3-1-9-21(25)16-19-7-5-8-20(15-19)17-23-11-6-12-24(27(23)30)18-22-10-2-4-14-26(22)29;21-18-10-3-1-6-14(18)12-16-8-5-9-17(20(16)23)13-15-7-2-4-11-19(15)22/h1-15,28-30H,16-18H2;1-11,21-23H,12-13H2. The molecule has 0 radical (unpaired) electrons. The molecule has 0 unspecified atom stereocenters. The normalized spacial score (nSPS) is 10.7. The highest BCUT2D eigenvalue weighted by molar-refractivity contribution is 5.49. The third-order valence-electron chi connectivity index (χ3n) is 9.30. The van der Waals surface area contributed by atoms with Crippen LogP contribution in [0.1, 0.15) is 55.6 Å². The number of benzene rings is 7. The Hall–Kier alpha value is -6.66. The maximum atomic E-state index is 10.8. The Bertz CT molecular complexity index is 2240. The van der Waals surface area contributed by atoms with Gasteiger partial charge in [-0.25, -0.2) is 0 Å². The summed E-state index contributed by atoms with van der Waals surface area (Å²) in [6.45, 7) is 0. The minimum atomic E-state index is 0.207. The highest BCUT2D eigenvalue weighted by atomic mass is 16.3. The molecule has 0 saturated carbocycles. The molecular weight excluding hydrogens is 661 g/mol. The lowest BCUT2D eigenvalue weighted by molar-refractivity contribution is 0.456. The van der Waals surface area contributed by atoms with E-state index >= 15 is 0 Å². The lowest BCUT2D eigenvalue weighted by atomic mass is 9.95. The number of phenolic OH excluding ortho intramolecular Hbond substituents is 6. The van der Waals surface area contributed by atoms with Crippen LogP contribution in [0.3, 0.4) is 0 Å². The third kappa shape index (κ3) is 9.37. The average molecular weight is 703 g/mol. The summed E-state index contributed by atoms with van der Waals surface area (Å²) in [5.41, 5.74) is 8.56. The predicted octanol–water partition coefficient (Wildman–Crippen LogP) is 9.56. The van der Waals surface area contributed by atoms with Crippen molar-refractivity contribution in [2.24, 2.45) is 0 Å². The first-order chi connectivity index (χ1) is 25.7. The Morgan fingerprint density at radius 2 is 0.491 bits per heavy atom. The van der Waals surface area contributed by atoms with Crippen molar-refractivity contribution < 1.29 is 30.6 Å². The van der Waals surface area contributed by atoms with E-state index in [0.717, 1.165) is 55.6 Å². The number of hydrogen-bond donors (Lipinski definition) is 6. The fourth-order valence-electron chi connectivity index (χ4n) is 6.41. The van der Waals surface area contributed by atoms with Gasteiger partial charge in [0.2, 0.25) is 0 Å². The number of rotatable bonds is 10. The van der Waals surface area contributed by atoms with Crippen molar-refractivity contribution in [2.75, 3.05) is 0 Å². The Morgan fingerprint density at radius 1 is 0.245 bits per heavy atom. The molecule has 6 N–H and O–H groups in total. The molecular formula is C47H42O6. The van der Waals surface area contributed by atoms with Gasteiger partial charge in [-0.05, 0) is 79.9 Å². The van der Waals surface area contributed by atoms with Crippen molar-refractivity contribution in [3.05, 3.63) is 213 Å². The van der Waals surface area contributed by atoms with Gasteiger partial charge in [0.1, 0.15) is 34.5 Å². The Balaban J connectivity index is 0.000000188. The molecule has 0 bridgehead atoms. The van der Waals surface area contributed by atoms with E-state index in [9.17, 15) is 30.6 Å². The zero-order valence-electron chi connectivity index (χ0n) is 29.2. The van der Waals surface area contributed by atoms with Crippen LogP contribution >= 0.6 is 0 Å². The molecule has 0 aliphatic heterocycles. The first-order valence-electron chi connectivity index (χ1n) is 17.5. The van der Waals surface area contributed by atoms with Gasteiger partial charge in [-0.3, -0.25) is 0 Å². The van der Waals surface area contributed by atoms with Crippen LogP contribution in [0, 0.1) is 0 Å². The molecule has 0 saturated heterocycles. The van der Waals surface area contributed by atoms with Crippen LogP contribution in [0.2, 0.25) is 0 Å². The highest BCUT2D eigenvalue weighted by Gasteiger charge is 2.13. The maximum absolute atomic E-state index is 10.8. The molecule has 0 amide bonds. The fourth-order valence-corrected chi connectivity index (χ4v) is 6.41. The fraction of sp³-hybridized carbons (Fsp3) is 0.106. The van der Waals surface area contributed by atoms with Gasteiger partial charge in [-0.15, -0.1) is 0 Å². The molecule has 0 heterocycles. The number of aromatic hydroxyl groups is 6. The minimum absolute atomic E-state index is 0.207. The minimum Gasteiger partial charge on any atom is -0.508 e. The van der Waals surface area contributed by atoms with Crippen molar-refractivity contribution in [3.8, 4) is 34.5 Å². The monoisotopic (exact) mass is 702 g/mol. The molecule has 0 fully saturated rings. The van der Waals surface area contributed by atoms with E-state index in [0.29, 0.717) is 37.9 Å². The maximum Gasteiger partial charge on any atom is 0.122 e. The second-order valence-electron chi connectivity index (χ2n) is 13.1. The van der Waals surface area contributed by atoms with Crippen molar-refractivity contribution in [1.82, 2.24) is 0 Å². The zero-order chi connectivity index (χ0) is 37.2. The van der Waals surface area contributed by atoms with E-state index in [1.165, 1.54) is 0 Å². The lowest BCUT2D eigenvalue weighted by Gasteiger charge is -2.12. The van der Waals surface area contributed by atoms with Crippen LogP contribution in [0.15, 0.2) is 158 Å². The van der Waals surface area contributed by atoms with Gasteiger partial charge < -0.3 is 30.6 Å². The number of hydrogen-bond acceptors (Lipinski definition) is 6. The average Bonchev–Trinajstić information content (AvgIpc) is 3.16. The van der Waals surface area contributed by atoms with E-state index in [-0.39, 0.29) is 28.7 Å². The van der Waals surface area contributed by atoms with Crippen LogP contribution in [0.4, 0.5) is 0 Å². The van der Waals surface area contributed by atoms with E-state index in [4.69, 9.17) is 0 Å².